The number of carbonyl (C=O) groups excluding carboxylic acids is 1. The molecule has 2 aromatic carbocycles. The summed E-state index contributed by atoms with van der Waals surface area (Å²) in [5.74, 6) is -2.13. The van der Waals surface area contributed by atoms with Crippen molar-refractivity contribution in [3.8, 4) is 5.69 Å². The maximum absolute atomic E-state index is 13.0. The lowest BCUT2D eigenvalue weighted by atomic mass is 9.89. The molecular formula is C23H25N3O3. The molecule has 150 valence electrons. The summed E-state index contributed by atoms with van der Waals surface area (Å²) in [6, 6.07) is 18.5. The normalized spacial score (nSPS) is 12.4. The second-order valence-corrected chi connectivity index (χ2v) is 7.93. The molecule has 0 saturated carbocycles. The summed E-state index contributed by atoms with van der Waals surface area (Å²) in [4.78, 5) is 24.7. The number of hydrogen-bond donors (Lipinski definition) is 2. The molecule has 0 aliphatic rings. The summed E-state index contributed by atoms with van der Waals surface area (Å²) in [5.41, 5.74) is 2.25. The van der Waals surface area contributed by atoms with Crippen LogP contribution in [0.4, 0.5) is 0 Å². The number of carbonyl (C=O) groups is 2. The third kappa shape index (κ3) is 4.71. The van der Waals surface area contributed by atoms with Crippen molar-refractivity contribution in [2.24, 2.45) is 0 Å². The molecule has 6 heteroatoms. The van der Waals surface area contributed by atoms with Crippen LogP contribution in [0.2, 0.25) is 0 Å². The Kier molecular flexibility index (Phi) is 5.82. The van der Waals surface area contributed by atoms with Crippen LogP contribution in [0.25, 0.3) is 5.69 Å². The number of nitrogens with zero attached hydrogens (tertiary/aromatic N) is 2. The summed E-state index contributed by atoms with van der Waals surface area (Å²) in [6.45, 7) is 5.97. The number of nitrogens with one attached hydrogen (secondary N) is 1. The molecule has 3 aromatic rings. The minimum atomic E-state index is -0.979. The van der Waals surface area contributed by atoms with Gasteiger partial charge in [0.15, 0.2) is 0 Å². The SMILES string of the molecule is CC(C)(C)c1nn(-c2ccccc2)cc1C(=O)NCC(C(=O)O)c1ccccc1. The van der Waals surface area contributed by atoms with Crippen LogP contribution < -0.4 is 5.32 Å². The molecule has 0 saturated heterocycles. The van der Waals surface area contributed by atoms with Crippen molar-refractivity contribution in [3.05, 3.63) is 83.7 Å². The number of aliphatic carboxylic acids is 1. The summed E-state index contributed by atoms with van der Waals surface area (Å²) in [7, 11) is 0. The molecule has 1 amide bonds. The molecule has 0 spiro atoms. The predicted molar refractivity (Wildman–Crippen MR) is 111 cm³/mol. The molecule has 0 bridgehead atoms. The van der Waals surface area contributed by atoms with Crippen molar-refractivity contribution < 1.29 is 14.7 Å². The highest BCUT2D eigenvalue weighted by Gasteiger charge is 2.28. The van der Waals surface area contributed by atoms with Crippen LogP contribution in [-0.4, -0.2) is 33.3 Å². The number of amides is 1. The van der Waals surface area contributed by atoms with Crippen LogP contribution >= 0.6 is 0 Å². The van der Waals surface area contributed by atoms with Crippen molar-refractivity contribution in [2.75, 3.05) is 6.54 Å². The Morgan fingerprint density at radius 1 is 1.03 bits per heavy atom. The Balaban J connectivity index is 1.86. The maximum atomic E-state index is 13.0. The average Bonchev–Trinajstić information content (AvgIpc) is 3.15. The molecule has 0 fully saturated rings. The second-order valence-electron chi connectivity index (χ2n) is 7.93. The fourth-order valence-electron chi connectivity index (χ4n) is 3.13. The number of carboxylic acid groups (broad SMARTS) is 1. The van der Waals surface area contributed by atoms with E-state index in [1.165, 1.54) is 0 Å². The van der Waals surface area contributed by atoms with Gasteiger partial charge in [0.2, 0.25) is 0 Å². The first-order chi connectivity index (χ1) is 13.8. The quantitative estimate of drug-likeness (QED) is 0.670. The molecule has 29 heavy (non-hydrogen) atoms. The largest absolute Gasteiger partial charge is 0.481 e. The predicted octanol–water partition coefficient (Wildman–Crippen LogP) is 3.77. The smallest absolute Gasteiger partial charge is 0.312 e. The highest BCUT2D eigenvalue weighted by Crippen LogP contribution is 2.26. The van der Waals surface area contributed by atoms with Crippen LogP contribution in [0.15, 0.2) is 66.9 Å². The first-order valence-electron chi connectivity index (χ1n) is 9.49. The number of rotatable bonds is 6. The van der Waals surface area contributed by atoms with Gasteiger partial charge in [0.25, 0.3) is 5.91 Å². The first kappa shape index (κ1) is 20.3. The van der Waals surface area contributed by atoms with Gasteiger partial charge in [-0.05, 0) is 17.7 Å². The fraction of sp³-hybridized carbons (Fsp3) is 0.261. The number of aromatic nitrogens is 2. The number of carboxylic acids is 1. The van der Waals surface area contributed by atoms with E-state index in [1.807, 2.05) is 57.2 Å². The third-order valence-corrected chi connectivity index (χ3v) is 4.66. The Morgan fingerprint density at radius 2 is 1.62 bits per heavy atom. The van der Waals surface area contributed by atoms with Gasteiger partial charge < -0.3 is 10.4 Å². The van der Waals surface area contributed by atoms with Gasteiger partial charge in [0, 0.05) is 18.2 Å². The van der Waals surface area contributed by atoms with Gasteiger partial charge in [0.05, 0.1) is 22.9 Å². The van der Waals surface area contributed by atoms with Crippen molar-refractivity contribution in [2.45, 2.75) is 32.1 Å². The first-order valence-corrected chi connectivity index (χ1v) is 9.49. The van der Waals surface area contributed by atoms with E-state index in [4.69, 9.17) is 0 Å². The van der Waals surface area contributed by atoms with Crippen molar-refractivity contribution >= 4 is 11.9 Å². The molecule has 1 unspecified atom stereocenters. The monoisotopic (exact) mass is 391 g/mol. The minimum absolute atomic E-state index is 0.00171. The molecule has 1 heterocycles. The van der Waals surface area contributed by atoms with E-state index in [9.17, 15) is 14.7 Å². The van der Waals surface area contributed by atoms with E-state index in [0.717, 1.165) is 5.69 Å². The third-order valence-electron chi connectivity index (χ3n) is 4.66. The van der Waals surface area contributed by atoms with E-state index in [-0.39, 0.29) is 17.9 Å². The van der Waals surface area contributed by atoms with E-state index in [2.05, 4.69) is 10.4 Å². The van der Waals surface area contributed by atoms with Gasteiger partial charge in [-0.1, -0.05) is 69.3 Å². The number of benzene rings is 2. The van der Waals surface area contributed by atoms with E-state index in [1.54, 1.807) is 35.1 Å². The fourth-order valence-corrected chi connectivity index (χ4v) is 3.13. The van der Waals surface area contributed by atoms with Crippen LogP contribution in [0.5, 0.6) is 0 Å². The van der Waals surface area contributed by atoms with Gasteiger partial charge in [-0.2, -0.15) is 5.10 Å². The molecule has 3 rings (SSSR count). The minimum Gasteiger partial charge on any atom is -0.481 e. The zero-order valence-corrected chi connectivity index (χ0v) is 16.8. The van der Waals surface area contributed by atoms with Crippen LogP contribution in [0.1, 0.15) is 48.3 Å². The molecule has 6 nitrogen and oxygen atoms in total. The Labute approximate surface area is 170 Å². The van der Waals surface area contributed by atoms with Crippen LogP contribution in [0, 0.1) is 0 Å². The lowest BCUT2D eigenvalue weighted by Gasteiger charge is -2.18. The Morgan fingerprint density at radius 3 is 2.17 bits per heavy atom. The van der Waals surface area contributed by atoms with Gasteiger partial charge in [-0.15, -0.1) is 0 Å². The molecule has 2 N–H and O–H groups in total. The zero-order chi connectivity index (χ0) is 21.0. The summed E-state index contributed by atoms with van der Waals surface area (Å²) in [5, 5.41) is 17.0. The maximum Gasteiger partial charge on any atom is 0.312 e. The van der Waals surface area contributed by atoms with Crippen LogP contribution in [-0.2, 0) is 10.2 Å². The Bertz CT molecular complexity index is 989. The van der Waals surface area contributed by atoms with E-state index >= 15 is 0 Å². The number of hydrogen-bond acceptors (Lipinski definition) is 3. The summed E-state index contributed by atoms with van der Waals surface area (Å²) >= 11 is 0. The molecule has 0 radical (unpaired) electrons. The highest BCUT2D eigenvalue weighted by atomic mass is 16.4. The summed E-state index contributed by atoms with van der Waals surface area (Å²) in [6.07, 6.45) is 1.70. The topological polar surface area (TPSA) is 84.2 Å². The standard InChI is InChI=1S/C23H25N3O3/c1-23(2,3)20-19(15-26(25-20)17-12-8-5-9-13-17)21(27)24-14-18(22(28)29)16-10-6-4-7-11-16/h4-13,15,18H,14H2,1-3H3,(H,24,27)(H,28,29). The van der Waals surface area contributed by atoms with Crippen molar-refractivity contribution in [1.82, 2.24) is 15.1 Å². The molecule has 1 aromatic heterocycles. The van der Waals surface area contributed by atoms with E-state index in [0.29, 0.717) is 16.8 Å². The zero-order valence-electron chi connectivity index (χ0n) is 16.8. The van der Waals surface area contributed by atoms with Crippen molar-refractivity contribution in [1.29, 1.82) is 0 Å². The molecule has 1 atom stereocenters. The van der Waals surface area contributed by atoms with Gasteiger partial charge in [-0.25, -0.2) is 4.68 Å². The van der Waals surface area contributed by atoms with Crippen molar-refractivity contribution in [3.63, 3.8) is 0 Å². The second kappa shape index (κ2) is 8.31. The number of para-hydroxylation sites is 1. The van der Waals surface area contributed by atoms with Gasteiger partial charge >= 0.3 is 5.97 Å². The molecule has 0 aliphatic heterocycles. The van der Waals surface area contributed by atoms with Gasteiger partial charge in [-0.3, -0.25) is 9.59 Å². The lowest BCUT2D eigenvalue weighted by molar-refractivity contribution is -0.138. The van der Waals surface area contributed by atoms with Gasteiger partial charge in [0.1, 0.15) is 0 Å². The Hall–Kier alpha value is -3.41. The average molecular weight is 391 g/mol. The highest BCUT2D eigenvalue weighted by molar-refractivity contribution is 5.96. The molecular weight excluding hydrogens is 366 g/mol. The van der Waals surface area contributed by atoms with E-state index < -0.39 is 11.9 Å². The van der Waals surface area contributed by atoms with Crippen LogP contribution in [0.3, 0.4) is 0 Å². The molecule has 0 aliphatic carbocycles. The lowest BCUT2D eigenvalue weighted by Crippen LogP contribution is -2.33. The summed E-state index contributed by atoms with van der Waals surface area (Å²) < 4.78 is 1.68.